The summed E-state index contributed by atoms with van der Waals surface area (Å²) in [5.74, 6) is 1.34. The van der Waals surface area contributed by atoms with Gasteiger partial charge in [0.2, 0.25) is 0 Å². The molecule has 0 unspecified atom stereocenters. The van der Waals surface area contributed by atoms with E-state index in [9.17, 15) is 9.59 Å². The second-order valence-corrected chi connectivity index (χ2v) is 6.12. The molecule has 0 radical (unpaired) electrons. The van der Waals surface area contributed by atoms with Gasteiger partial charge in [0.1, 0.15) is 29.4 Å². The molecule has 3 aromatic heterocycles. The van der Waals surface area contributed by atoms with Crippen LogP contribution in [0.4, 0.5) is 5.82 Å². The minimum Gasteiger partial charge on any atom is -0.490 e. The predicted octanol–water partition coefficient (Wildman–Crippen LogP) is 2.73. The van der Waals surface area contributed by atoms with Gasteiger partial charge >= 0.3 is 5.63 Å². The van der Waals surface area contributed by atoms with Crippen LogP contribution in [0, 0.1) is 6.92 Å². The van der Waals surface area contributed by atoms with E-state index >= 15 is 0 Å². The van der Waals surface area contributed by atoms with Crippen molar-refractivity contribution < 1.29 is 13.9 Å². The Morgan fingerprint density at radius 2 is 2.10 bits per heavy atom. The number of rotatable bonds is 5. The maximum atomic E-state index is 12.7. The van der Waals surface area contributed by atoms with Gasteiger partial charge in [-0.3, -0.25) is 9.36 Å². The highest BCUT2D eigenvalue weighted by atomic mass is 16.5. The van der Waals surface area contributed by atoms with Crippen LogP contribution >= 0.6 is 0 Å². The van der Waals surface area contributed by atoms with Gasteiger partial charge in [0.05, 0.1) is 6.61 Å². The smallest absolute Gasteiger partial charge is 0.349 e. The molecule has 1 amide bonds. The Morgan fingerprint density at radius 1 is 1.24 bits per heavy atom. The summed E-state index contributed by atoms with van der Waals surface area (Å²) in [6.07, 6.45) is 4.71. The zero-order chi connectivity index (χ0) is 20.4. The van der Waals surface area contributed by atoms with Crippen molar-refractivity contribution in [2.24, 2.45) is 0 Å². The Bertz CT molecular complexity index is 1260. The van der Waals surface area contributed by atoms with Crippen molar-refractivity contribution in [3.05, 3.63) is 70.9 Å². The number of ether oxygens (including phenoxy) is 1. The maximum Gasteiger partial charge on any atom is 0.349 e. The molecule has 1 aromatic carbocycles. The number of hydrogen-bond donors (Lipinski definition) is 1. The fourth-order valence-electron chi connectivity index (χ4n) is 2.90. The number of carbonyl (C=O) groups excluding carboxylic acids is 1. The van der Waals surface area contributed by atoms with Gasteiger partial charge in [-0.05, 0) is 26.0 Å². The van der Waals surface area contributed by atoms with Crippen molar-refractivity contribution >= 4 is 22.7 Å². The molecule has 3 heterocycles. The highest BCUT2D eigenvalue weighted by molar-refractivity contribution is 6.05. The lowest BCUT2D eigenvalue weighted by atomic mass is 10.1. The first kappa shape index (κ1) is 18.4. The third-order valence-corrected chi connectivity index (χ3v) is 4.24. The van der Waals surface area contributed by atoms with Crippen molar-refractivity contribution in [1.29, 1.82) is 0 Å². The Balaban J connectivity index is 1.65. The maximum absolute atomic E-state index is 12.7. The van der Waals surface area contributed by atoms with Crippen LogP contribution < -0.4 is 15.7 Å². The van der Waals surface area contributed by atoms with Gasteiger partial charge in [0, 0.05) is 23.8 Å². The zero-order valence-corrected chi connectivity index (χ0v) is 15.7. The topological polar surface area (TPSA) is 112 Å². The average molecular weight is 391 g/mol. The highest BCUT2D eigenvalue weighted by Crippen LogP contribution is 2.25. The van der Waals surface area contributed by atoms with Gasteiger partial charge in [-0.25, -0.2) is 19.7 Å². The SMILES string of the molecule is CCOc1cccc2cc(C(=O)Nc3cc(-n4ccnc4C)ncn3)c(=O)oc12. The van der Waals surface area contributed by atoms with E-state index in [0.717, 1.165) is 5.82 Å². The number of nitrogens with zero attached hydrogens (tertiary/aromatic N) is 4. The molecule has 0 fully saturated rings. The van der Waals surface area contributed by atoms with Crippen LogP contribution in [-0.4, -0.2) is 32.0 Å². The molecule has 0 aliphatic carbocycles. The number of nitrogens with one attached hydrogen (secondary N) is 1. The molecular formula is C20H17N5O4. The van der Waals surface area contributed by atoms with Crippen LogP contribution in [0.2, 0.25) is 0 Å². The number of benzene rings is 1. The van der Waals surface area contributed by atoms with Crippen molar-refractivity contribution in [1.82, 2.24) is 19.5 Å². The molecule has 0 spiro atoms. The van der Waals surface area contributed by atoms with Crippen LogP contribution in [-0.2, 0) is 0 Å². The van der Waals surface area contributed by atoms with E-state index in [0.29, 0.717) is 29.1 Å². The number of hydrogen-bond acceptors (Lipinski definition) is 7. The molecule has 0 atom stereocenters. The monoisotopic (exact) mass is 391 g/mol. The van der Waals surface area contributed by atoms with E-state index in [4.69, 9.17) is 9.15 Å². The number of amides is 1. The second-order valence-electron chi connectivity index (χ2n) is 6.12. The average Bonchev–Trinajstić information content (AvgIpc) is 3.14. The van der Waals surface area contributed by atoms with E-state index in [1.807, 2.05) is 13.8 Å². The second kappa shape index (κ2) is 7.55. The van der Waals surface area contributed by atoms with Gasteiger partial charge in [0.15, 0.2) is 11.3 Å². The number of fused-ring (bicyclic) bond motifs is 1. The van der Waals surface area contributed by atoms with E-state index in [-0.39, 0.29) is 11.4 Å². The van der Waals surface area contributed by atoms with Gasteiger partial charge in [0.25, 0.3) is 5.91 Å². The molecule has 1 N–H and O–H groups in total. The van der Waals surface area contributed by atoms with Gasteiger partial charge in [-0.2, -0.15) is 0 Å². The number of aromatic nitrogens is 4. The van der Waals surface area contributed by atoms with Crippen molar-refractivity contribution in [3.63, 3.8) is 0 Å². The summed E-state index contributed by atoms with van der Waals surface area (Å²) < 4.78 is 12.6. The Labute approximate surface area is 165 Å². The molecule has 0 aliphatic heterocycles. The number of carbonyl (C=O) groups is 1. The lowest BCUT2D eigenvalue weighted by molar-refractivity contribution is 0.102. The fourth-order valence-corrected chi connectivity index (χ4v) is 2.90. The van der Waals surface area contributed by atoms with Crippen LogP contribution in [0.25, 0.3) is 16.8 Å². The summed E-state index contributed by atoms with van der Waals surface area (Å²) >= 11 is 0. The van der Waals surface area contributed by atoms with Crippen LogP contribution in [0.5, 0.6) is 5.75 Å². The van der Waals surface area contributed by atoms with Crippen molar-refractivity contribution in [3.8, 4) is 11.6 Å². The predicted molar refractivity (Wildman–Crippen MR) is 105 cm³/mol. The summed E-state index contributed by atoms with van der Waals surface area (Å²) in [4.78, 5) is 37.4. The minimum atomic E-state index is -0.762. The van der Waals surface area contributed by atoms with Crippen LogP contribution in [0.3, 0.4) is 0 Å². The van der Waals surface area contributed by atoms with Gasteiger partial charge in [-0.15, -0.1) is 0 Å². The van der Waals surface area contributed by atoms with E-state index < -0.39 is 11.5 Å². The number of anilines is 1. The molecule has 0 saturated carbocycles. The first-order chi connectivity index (χ1) is 14.1. The van der Waals surface area contributed by atoms with E-state index in [2.05, 4.69) is 20.3 Å². The van der Waals surface area contributed by atoms with E-state index in [1.54, 1.807) is 41.2 Å². The third-order valence-electron chi connectivity index (χ3n) is 4.24. The quantitative estimate of drug-likeness (QED) is 0.521. The largest absolute Gasteiger partial charge is 0.490 e. The first-order valence-corrected chi connectivity index (χ1v) is 8.90. The third kappa shape index (κ3) is 3.57. The molecular weight excluding hydrogens is 374 g/mol. The zero-order valence-electron chi connectivity index (χ0n) is 15.7. The molecule has 4 rings (SSSR count). The number of imidazole rings is 1. The van der Waals surface area contributed by atoms with Gasteiger partial charge < -0.3 is 14.5 Å². The standard InChI is InChI=1S/C20H17N5O4/c1-3-28-15-6-4-5-13-9-14(20(27)29-18(13)15)19(26)24-16-10-17(23-11-22-16)25-8-7-21-12(25)2/h4-11H,3H2,1-2H3,(H,22,23,24,26). The highest BCUT2D eigenvalue weighted by Gasteiger charge is 2.17. The molecule has 29 heavy (non-hydrogen) atoms. The summed E-state index contributed by atoms with van der Waals surface area (Å²) in [7, 11) is 0. The van der Waals surface area contributed by atoms with Crippen molar-refractivity contribution in [2.75, 3.05) is 11.9 Å². The minimum absolute atomic E-state index is 0.134. The van der Waals surface area contributed by atoms with Crippen LogP contribution in [0.15, 0.2) is 58.3 Å². The molecule has 9 nitrogen and oxygen atoms in total. The van der Waals surface area contributed by atoms with E-state index in [1.165, 1.54) is 12.4 Å². The summed E-state index contributed by atoms with van der Waals surface area (Å²) in [6, 6.07) is 8.26. The Kier molecular flexibility index (Phi) is 4.78. The molecule has 0 bridgehead atoms. The first-order valence-electron chi connectivity index (χ1n) is 8.90. The summed E-state index contributed by atoms with van der Waals surface area (Å²) in [6.45, 7) is 4.09. The lowest BCUT2D eigenvalue weighted by Gasteiger charge is -2.09. The molecule has 146 valence electrons. The summed E-state index contributed by atoms with van der Waals surface area (Å²) in [5.41, 5.74) is -0.595. The lowest BCUT2D eigenvalue weighted by Crippen LogP contribution is -2.21. The number of para-hydroxylation sites is 1. The number of aryl methyl sites for hydroxylation is 1. The molecule has 0 saturated heterocycles. The van der Waals surface area contributed by atoms with Crippen LogP contribution in [0.1, 0.15) is 23.1 Å². The molecule has 9 heteroatoms. The molecule has 4 aromatic rings. The fraction of sp³-hybridized carbons (Fsp3) is 0.150. The normalized spacial score (nSPS) is 10.8. The summed E-state index contributed by atoms with van der Waals surface area (Å²) in [5, 5.41) is 3.19. The Morgan fingerprint density at radius 3 is 2.86 bits per heavy atom. The van der Waals surface area contributed by atoms with Gasteiger partial charge in [-0.1, -0.05) is 12.1 Å². The molecule has 0 aliphatic rings. The Hall–Kier alpha value is -4.01. The van der Waals surface area contributed by atoms with Crippen molar-refractivity contribution in [2.45, 2.75) is 13.8 Å².